The van der Waals surface area contributed by atoms with Gasteiger partial charge in [0.15, 0.2) is 0 Å². The molecule has 0 saturated carbocycles. The van der Waals surface area contributed by atoms with Crippen molar-refractivity contribution >= 4 is 35.8 Å². The fraction of sp³-hybridized carbons (Fsp3) is 0.462. The zero-order chi connectivity index (χ0) is 11.6. The van der Waals surface area contributed by atoms with Crippen LogP contribution in [0, 0.1) is 0 Å². The molecule has 0 amide bonds. The molecule has 2 N–H and O–H groups in total. The Labute approximate surface area is 120 Å². The Morgan fingerprint density at radius 1 is 1.28 bits per heavy atom. The van der Waals surface area contributed by atoms with E-state index < -0.39 is 5.60 Å². The number of nitrogens with zero attached hydrogens (tertiary/aromatic N) is 1. The molecule has 0 aliphatic heterocycles. The number of aromatic nitrogens is 2. The molecule has 1 aromatic carbocycles. The minimum Gasteiger partial charge on any atom is -0.382 e. The Hall–Kier alpha value is -0.770. The second kappa shape index (κ2) is 6.98. The van der Waals surface area contributed by atoms with Crippen LogP contribution in [-0.4, -0.2) is 15.1 Å². The van der Waals surface area contributed by atoms with Crippen LogP contribution in [0.15, 0.2) is 24.3 Å². The summed E-state index contributed by atoms with van der Waals surface area (Å²) in [5.74, 6) is 0.669. The van der Waals surface area contributed by atoms with Crippen molar-refractivity contribution in [3.05, 3.63) is 30.1 Å². The quantitative estimate of drug-likeness (QED) is 0.900. The van der Waals surface area contributed by atoms with Crippen LogP contribution in [0.4, 0.5) is 0 Å². The standard InChI is InChI=1S/C13H18N2O.2ClH/c1-3-4-9-13(2,16)12-14-10-7-5-6-8-11(10)15-12;;/h5-8,16H,3-4,9H2,1-2H3,(H,14,15);2*1H. The molecule has 0 aliphatic rings. The Balaban J connectivity index is 0.00000144. The lowest BCUT2D eigenvalue weighted by atomic mass is 9.99. The molecule has 2 aromatic rings. The van der Waals surface area contributed by atoms with Gasteiger partial charge in [-0.15, -0.1) is 24.8 Å². The first kappa shape index (κ1) is 17.2. The van der Waals surface area contributed by atoms with Crippen molar-refractivity contribution in [1.29, 1.82) is 0 Å². The maximum Gasteiger partial charge on any atom is 0.139 e. The van der Waals surface area contributed by atoms with E-state index in [0.717, 1.165) is 30.3 Å². The van der Waals surface area contributed by atoms with E-state index in [1.807, 2.05) is 31.2 Å². The highest BCUT2D eigenvalue weighted by atomic mass is 35.5. The van der Waals surface area contributed by atoms with E-state index in [2.05, 4.69) is 16.9 Å². The van der Waals surface area contributed by atoms with Gasteiger partial charge < -0.3 is 10.1 Å². The van der Waals surface area contributed by atoms with E-state index in [4.69, 9.17) is 0 Å². The molecule has 0 saturated heterocycles. The summed E-state index contributed by atoms with van der Waals surface area (Å²) in [6, 6.07) is 7.84. The average Bonchev–Trinajstić information content (AvgIpc) is 2.71. The topological polar surface area (TPSA) is 48.9 Å². The highest BCUT2D eigenvalue weighted by Gasteiger charge is 2.25. The van der Waals surface area contributed by atoms with Gasteiger partial charge in [-0.2, -0.15) is 0 Å². The lowest BCUT2D eigenvalue weighted by Gasteiger charge is -2.20. The van der Waals surface area contributed by atoms with Gasteiger partial charge in [0.1, 0.15) is 11.4 Å². The molecule has 1 unspecified atom stereocenters. The summed E-state index contributed by atoms with van der Waals surface area (Å²) >= 11 is 0. The third-order valence-electron chi connectivity index (χ3n) is 2.92. The summed E-state index contributed by atoms with van der Waals surface area (Å²) in [5.41, 5.74) is 1.04. The number of benzene rings is 1. The molecular formula is C13H20Cl2N2O. The molecule has 3 nitrogen and oxygen atoms in total. The first-order valence-electron chi connectivity index (χ1n) is 5.81. The number of rotatable bonds is 4. The van der Waals surface area contributed by atoms with Gasteiger partial charge in [-0.05, 0) is 25.5 Å². The summed E-state index contributed by atoms with van der Waals surface area (Å²) < 4.78 is 0. The van der Waals surface area contributed by atoms with Crippen molar-refractivity contribution in [3.63, 3.8) is 0 Å². The first-order valence-corrected chi connectivity index (χ1v) is 5.81. The molecule has 1 atom stereocenters. The van der Waals surface area contributed by atoms with Crippen LogP contribution in [0.2, 0.25) is 0 Å². The Morgan fingerprint density at radius 3 is 2.56 bits per heavy atom. The third-order valence-corrected chi connectivity index (χ3v) is 2.92. The van der Waals surface area contributed by atoms with Gasteiger partial charge in [0.25, 0.3) is 0 Å². The predicted octanol–water partition coefficient (Wildman–Crippen LogP) is 3.80. The van der Waals surface area contributed by atoms with Crippen LogP contribution in [0.25, 0.3) is 11.0 Å². The molecular weight excluding hydrogens is 271 g/mol. The van der Waals surface area contributed by atoms with Crippen molar-refractivity contribution in [3.8, 4) is 0 Å². The summed E-state index contributed by atoms with van der Waals surface area (Å²) in [5, 5.41) is 10.3. The van der Waals surface area contributed by atoms with Crippen LogP contribution in [0.1, 0.15) is 38.9 Å². The van der Waals surface area contributed by atoms with Crippen LogP contribution >= 0.6 is 24.8 Å². The number of nitrogens with one attached hydrogen (secondary N) is 1. The number of para-hydroxylation sites is 2. The zero-order valence-electron chi connectivity index (χ0n) is 10.6. The van der Waals surface area contributed by atoms with Crippen molar-refractivity contribution in [2.45, 2.75) is 38.7 Å². The number of aromatic amines is 1. The van der Waals surface area contributed by atoms with Crippen LogP contribution in [0.5, 0.6) is 0 Å². The fourth-order valence-corrected chi connectivity index (χ4v) is 1.85. The second-order valence-corrected chi connectivity index (χ2v) is 4.48. The van der Waals surface area contributed by atoms with E-state index in [9.17, 15) is 5.11 Å². The molecule has 0 radical (unpaired) electrons. The molecule has 102 valence electrons. The molecule has 1 heterocycles. The van der Waals surface area contributed by atoms with E-state index in [1.54, 1.807) is 0 Å². The summed E-state index contributed by atoms with van der Waals surface area (Å²) in [6.07, 6.45) is 2.82. The average molecular weight is 291 g/mol. The van der Waals surface area contributed by atoms with Gasteiger partial charge in [0, 0.05) is 0 Å². The van der Waals surface area contributed by atoms with Crippen molar-refractivity contribution in [2.75, 3.05) is 0 Å². The smallest absolute Gasteiger partial charge is 0.139 e. The molecule has 5 heteroatoms. The number of aliphatic hydroxyl groups is 1. The number of hydrogen-bond acceptors (Lipinski definition) is 2. The number of fused-ring (bicyclic) bond motifs is 1. The first-order chi connectivity index (χ1) is 7.63. The number of unbranched alkanes of at least 4 members (excludes halogenated alkanes) is 1. The molecule has 0 aliphatic carbocycles. The van der Waals surface area contributed by atoms with Crippen molar-refractivity contribution in [1.82, 2.24) is 9.97 Å². The van der Waals surface area contributed by atoms with Crippen LogP contribution in [-0.2, 0) is 5.60 Å². The van der Waals surface area contributed by atoms with Crippen LogP contribution in [0.3, 0.4) is 0 Å². The van der Waals surface area contributed by atoms with Crippen molar-refractivity contribution in [2.24, 2.45) is 0 Å². The monoisotopic (exact) mass is 290 g/mol. The van der Waals surface area contributed by atoms with Gasteiger partial charge in [-0.3, -0.25) is 0 Å². The van der Waals surface area contributed by atoms with Gasteiger partial charge >= 0.3 is 0 Å². The van der Waals surface area contributed by atoms with Gasteiger partial charge in [-0.1, -0.05) is 31.9 Å². The molecule has 18 heavy (non-hydrogen) atoms. The van der Waals surface area contributed by atoms with Crippen molar-refractivity contribution < 1.29 is 5.11 Å². The normalized spacial score (nSPS) is 13.5. The predicted molar refractivity (Wildman–Crippen MR) is 79.7 cm³/mol. The highest BCUT2D eigenvalue weighted by molar-refractivity contribution is 5.85. The lowest BCUT2D eigenvalue weighted by molar-refractivity contribution is 0.0373. The third kappa shape index (κ3) is 3.61. The molecule has 2 rings (SSSR count). The summed E-state index contributed by atoms with van der Waals surface area (Å²) in [6.45, 7) is 3.94. The number of hydrogen-bond donors (Lipinski definition) is 2. The minimum atomic E-state index is -0.852. The van der Waals surface area contributed by atoms with Gasteiger partial charge in [0.2, 0.25) is 0 Å². The van der Waals surface area contributed by atoms with E-state index in [1.165, 1.54) is 0 Å². The Bertz CT molecular complexity index is 450. The van der Waals surface area contributed by atoms with E-state index >= 15 is 0 Å². The second-order valence-electron chi connectivity index (χ2n) is 4.48. The van der Waals surface area contributed by atoms with Crippen LogP contribution < -0.4 is 0 Å². The minimum absolute atomic E-state index is 0. The molecule has 0 spiro atoms. The molecule has 1 aromatic heterocycles. The number of H-pyrrole nitrogens is 1. The van der Waals surface area contributed by atoms with Gasteiger partial charge in [0.05, 0.1) is 11.0 Å². The van der Waals surface area contributed by atoms with E-state index in [-0.39, 0.29) is 24.8 Å². The number of imidazole rings is 1. The SMILES string of the molecule is CCCCC(C)(O)c1nc2ccccc2[nH]1.Cl.Cl. The summed E-state index contributed by atoms with van der Waals surface area (Å²) in [4.78, 5) is 7.62. The fourth-order valence-electron chi connectivity index (χ4n) is 1.85. The lowest BCUT2D eigenvalue weighted by Crippen LogP contribution is -2.22. The van der Waals surface area contributed by atoms with E-state index in [0.29, 0.717) is 5.82 Å². The maximum atomic E-state index is 10.3. The Morgan fingerprint density at radius 2 is 1.94 bits per heavy atom. The largest absolute Gasteiger partial charge is 0.382 e. The highest BCUT2D eigenvalue weighted by Crippen LogP contribution is 2.26. The molecule has 0 fully saturated rings. The summed E-state index contributed by atoms with van der Waals surface area (Å²) in [7, 11) is 0. The van der Waals surface area contributed by atoms with Gasteiger partial charge in [-0.25, -0.2) is 4.98 Å². The maximum absolute atomic E-state index is 10.3. The molecule has 0 bridgehead atoms. The zero-order valence-corrected chi connectivity index (χ0v) is 12.3. The Kier molecular flexibility index (Phi) is 6.68. The number of halogens is 2.